The number of benzene rings is 2. The Morgan fingerprint density at radius 3 is 2.58 bits per heavy atom. The van der Waals surface area contributed by atoms with Gasteiger partial charge in [0.15, 0.2) is 0 Å². The Hall–Kier alpha value is -2.67. The average molecular weight is 522 g/mol. The fourth-order valence-corrected chi connectivity index (χ4v) is 6.54. The van der Waals surface area contributed by atoms with Gasteiger partial charge in [0.1, 0.15) is 0 Å². The van der Waals surface area contributed by atoms with Crippen LogP contribution in [0.3, 0.4) is 0 Å². The van der Waals surface area contributed by atoms with Gasteiger partial charge in [0.2, 0.25) is 5.91 Å². The summed E-state index contributed by atoms with van der Waals surface area (Å²) < 4.78 is 0. The quantitative estimate of drug-likeness (QED) is 0.398. The second kappa shape index (κ2) is 10.8. The summed E-state index contributed by atoms with van der Waals surface area (Å²) in [5, 5.41) is 2.78. The van der Waals surface area contributed by atoms with Crippen molar-refractivity contribution in [3.05, 3.63) is 92.6 Å². The molecule has 36 heavy (non-hydrogen) atoms. The molecule has 5 nitrogen and oxygen atoms in total. The highest BCUT2D eigenvalue weighted by Gasteiger charge is 2.46. The first-order valence-electron chi connectivity index (χ1n) is 12.6. The molecule has 0 spiro atoms. The fraction of sp³-hybridized carbons (Fsp3) is 0.379. The van der Waals surface area contributed by atoms with E-state index in [0.29, 0.717) is 37.8 Å². The van der Waals surface area contributed by atoms with Crippen molar-refractivity contribution in [1.29, 1.82) is 0 Å². The van der Waals surface area contributed by atoms with Crippen LogP contribution >= 0.6 is 22.9 Å². The molecular formula is C29H32ClN3O2S. The molecule has 0 N–H and O–H groups in total. The summed E-state index contributed by atoms with van der Waals surface area (Å²) in [6.45, 7) is 7.74. The van der Waals surface area contributed by atoms with Gasteiger partial charge in [-0.3, -0.25) is 14.5 Å². The predicted octanol–water partition coefficient (Wildman–Crippen LogP) is 6.03. The van der Waals surface area contributed by atoms with Crippen LogP contribution in [-0.4, -0.2) is 52.8 Å². The predicted molar refractivity (Wildman–Crippen MR) is 145 cm³/mol. The zero-order valence-electron chi connectivity index (χ0n) is 20.8. The van der Waals surface area contributed by atoms with Gasteiger partial charge in [0.05, 0.1) is 18.6 Å². The lowest BCUT2D eigenvalue weighted by Gasteiger charge is -2.45. The Labute approximate surface area is 222 Å². The number of nitrogens with zero attached hydrogens (tertiary/aromatic N) is 3. The molecule has 1 aromatic heterocycles. The van der Waals surface area contributed by atoms with Crippen LogP contribution in [0, 0.1) is 5.92 Å². The minimum Gasteiger partial charge on any atom is -0.329 e. The van der Waals surface area contributed by atoms with Crippen molar-refractivity contribution in [2.45, 2.75) is 38.8 Å². The highest BCUT2D eigenvalue weighted by atomic mass is 35.5. The van der Waals surface area contributed by atoms with Gasteiger partial charge in [0.25, 0.3) is 5.91 Å². The normalized spacial score (nSPS) is 20.6. The Morgan fingerprint density at radius 1 is 1.06 bits per heavy atom. The highest BCUT2D eigenvalue weighted by Crippen LogP contribution is 2.45. The number of thiophene rings is 1. The van der Waals surface area contributed by atoms with Crippen LogP contribution in [0.4, 0.5) is 0 Å². The molecule has 0 radical (unpaired) electrons. The number of carbonyl (C=O) groups excluding carboxylic acids is 2. The van der Waals surface area contributed by atoms with Gasteiger partial charge in [-0.15, -0.1) is 11.3 Å². The van der Waals surface area contributed by atoms with Gasteiger partial charge in [0, 0.05) is 41.6 Å². The van der Waals surface area contributed by atoms with E-state index in [-0.39, 0.29) is 17.9 Å². The number of halogens is 1. The van der Waals surface area contributed by atoms with Gasteiger partial charge in [-0.05, 0) is 47.0 Å². The Bertz CT molecular complexity index is 1230. The molecule has 1 saturated heterocycles. The first-order chi connectivity index (χ1) is 17.4. The third-order valence-electron chi connectivity index (χ3n) is 7.04. The SMILES string of the molecule is CC(C)CN1C(=O)c2ccccc2C(C(=O)N2CCCN(Cc3ccccc3Cl)C2)C1c1cccs1. The maximum Gasteiger partial charge on any atom is 0.254 e. The molecular weight excluding hydrogens is 490 g/mol. The van der Waals surface area contributed by atoms with Crippen molar-refractivity contribution >= 4 is 34.8 Å². The number of hydrogen-bond donors (Lipinski definition) is 0. The van der Waals surface area contributed by atoms with E-state index in [9.17, 15) is 9.59 Å². The summed E-state index contributed by atoms with van der Waals surface area (Å²) in [5.41, 5.74) is 2.56. The van der Waals surface area contributed by atoms with Gasteiger partial charge < -0.3 is 9.80 Å². The molecule has 2 atom stereocenters. The van der Waals surface area contributed by atoms with Crippen molar-refractivity contribution in [3.63, 3.8) is 0 Å². The van der Waals surface area contributed by atoms with E-state index in [1.165, 1.54) is 0 Å². The van der Waals surface area contributed by atoms with Crippen LogP contribution in [0.2, 0.25) is 5.02 Å². The van der Waals surface area contributed by atoms with Gasteiger partial charge in [-0.25, -0.2) is 0 Å². The van der Waals surface area contributed by atoms with Crippen molar-refractivity contribution in [2.24, 2.45) is 5.92 Å². The standard InChI is InChI=1S/C29H32ClN3O2S/c1-20(2)17-33-27(25-13-7-16-36-25)26(22-10-4-5-11-23(22)28(33)34)29(35)32-15-8-14-31(19-32)18-21-9-3-6-12-24(21)30/h3-7,9-13,16,20,26-27H,8,14-15,17-19H2,1-2H3. The average Bonchev–Trinajstić information content (AvgIpc) is 3.41. The van der Waals surface area contributed by atoms with Crippen LogP contribution < -0.4 is 0 Å². The molecule has 2 aliphatic rings. The lowest BCUT2D eigenvalue weighted by atomic mass is 9.80. The van der Waals surface area contributed by atoms with E-state index in [2.05, 4.69) is 24.8 Å². The third kappa shape index (κ3) is 4.95. The zero-order chi connectivity index (χ0) is 25.2. The number of amides is 2. The first-order valence-corrected chi connectivity index (χ1v) is 13.9. The van der Waals surface area contributed by atoms with Crippen LogP contribution in [-0.2, 0) is 11.3 Å². The second-order valence-corrected chi connectivity index (χ2v) is 11.5. The minimum absolute atomic E-state index is 0.0146. The van der Waals surface area contributed by atoms with E-state index >= 15 is 0 Å². The molecule has 188 valence electrons. The monoisotopic (exact) mass is 521 g/mol. The molecule has 0 bridgehead atoms. The van der Waals surface area contributed by atoms with Crippen molar-refractivity contribution in [1.82, 2.24) is 14.7 Å². The maximum absolute atomic E-state index is 14.4. The van der Waals surface area contributed by atoms with Crippen LogP contribution in [0.15, 0.2) is 66.0 Å². The molecule has 3 heterocycles. The molecule has 2 aliphatic heterocycles. The van der Waals surface area contributed by atoms with Gasteiger partial charge in [-0.1, -0.05) is 67.9 Å². The lowest BCUT2D eigenvalue weighted by Crippen LogP contribution is -2.53. The summed E-state index contributed by atoms with van der Waals surface area (Å²) in [6, 6.07) is 19.3. The van der Waals surface area contributed by atoms with Crippen molar-refractivity contribution < 1.29 is 9.59 Å². The largest absolute Gasteiger partial charge is 0.329 e. The number of hydrogen-bond acceptors (Lipinski definition) is 4. The fourth-order valence-electron chi connectivity index (χ4n) is 5.47. The number of rotatable bonds is 6. The lowest BCUT2D eigenvalue weighted by molar-refractivity contribution is -0.139. The molecule has 2 aromatic carbocycles. The molecule has 2 unspecified atom stereocenters. The second-order valence-electron chi connectivity index (χ2n) is 10.1. The van der Waals surface area contributed by atoms with E-state index in [0.717, 1.165) is 34.0 Å². The maximum atomic E-state index is 14.4. The molecule has 5 rings (SSSR count). The Morgan fingerprint density at radius 2 is 1.83 bits per heavy atom. The highest BCUT2D eigenvalue weighted by molar-refractivity contribution is 7.10. The summed E-state index contributed by atoms with van der Waals surface area (Å²) >= 11 is 8.04. The zero-order valence-corrected chi connectivity index (χ0v) is 22.3. The Balaban J connectivity index is 1.49. The van der Waals surface area contributed by atoms with Crippen LogP contribution in [0.25, 0.3) is 0 Å². The van der Waals surface area contributed by atoms with E-state index in [1.807, 2.05) is 69.8 Å². The van der Waals surface area contributed by atoms with Gasteiger partial charge in [-0.2, -0.15) is 0 Å². The van der Waals surface area contributed by atoms with Crippen LogP contribution in [0.1, 0.15) is 58.6 Å². The molecule has 1 fully saturated rings. The van der Waals surface area contributed by atoms with Crippen molar-refractivity contribution in [3.8, 4) is 0 Å². The summed E-state index contributed by atoms with van der Waals surface area (Å²) in [6.07, 6.45) is 0.906. The molecule has 3 aromatic rings. The van der Waals surface area contributed by atoms with Crippen molar-refractivity contribution in [2.75, 3.05) is 26.3 Å². The number of fused-ring (bicyclic) bond motifs is 1. The third-order valence-corrected chi connectivity index (χ3v) is 8.35. The molecule has 0 saturated carbocycles. The molecule has 7 heteroatoms. The summed E-state index contributed by atoms with van der Waals surface area (Å²) in [4.78, 5) is 35.3. The number of carbonyl (C=O) groups is 2. The summed E-state index contributed by atoms with van der Waals surface area (Å²) in [5.74, 6) is -0.0400. The smallest absolute Gasteiger partial charge is 0.254 e. The topological polar surface area (TPSA) is 43.9 Å². The van der Waals surface area contributed by atoms with E-state index in [1.54, 1.807) is 11.3 Å². The van der Waals surface area contributed by atoms with Crippen LogP contribution in [0.5, 0.6) is 0 Å². The Kier molecular flexibility index (Phi) is 7.47. The van der Waals surface area contributed by atoms with Gasteiger partial charge >= 0.3 is 0 Å². The van der Waals surface area contributed by atoms with E-state index in [4.69, 9.17) is 11.6 Å². The first kappa shape index (κ1) is 25.0. The molecule has 2 amide bonds. The minimum atomic E-state index is -0.434. The summed E-state index contributed by atoms with van der Waals surface area (Å²) in [7, 11) is 0. The van der Waals surface area contributed by atoms with E-state index < -0.39 is 5.92 Å². The molecule has 0 aliphatic carbocycles.